The Labute approximate surface area is 122 Å². The van der Waals surface area contributed by atoms with Crippen molar-refractivity contribution in [1.29, 1.82) is 0 Å². The predicted molar refractivity (Wildman–Crippen MR) is 77.1 cm³/mol. The molecule has 0 spiro atoms. The second kappa shape index (κ2) is 5.56. The summed E-state index contributed by atoms with van der Waals surface area (Å²) in [6.07, 6.45) is 1.71. The molecule has 1 N–H and O–H groups in total. The molecule has 3 aromatic rings. The number of thiazole rings is 1. The maximum Gasteiger partial charge on any atom is 0.309 e. The Morgan fingerprint density at radius 1 is 1.30 bits per heavy atom. The lowest BCUT2D eigenvalue weighted by Crippen LogP contribution is -1.99. The summed E-state index contributed by atoms with van der Waals surface area (Å²) in [7, 11) is 0. The zero-order chi connectivity index (χ0) is 13.9. The van der Waals surface area contributed by atoms with Gasteiger partial charge in [-0.2, -0.15) is 0 Å². The van der Waals surface area contributed by atoms with Crippen LogP contribution in [-0.2, 0) is 11.2 Å². The highest BCUT2D eigenvalue weighted by molar-refractivity contribution is 8.00. The molecule has 0 amide bonds. The van der Waals surface area contributed by atoms with Gasteiger partial charge in [0.25, 0.3) is 0 Å². The van der Waals surface area contributed by atoms with Gasteiger partial charge in [0.1, 0.15) is 0 Å². The maximum absolute atomic E-state index is 10.6. The highest BCUT2D eigenvalue weighted by Gasteiger charge is 2.09. The summed E-state index contributed by atoms with van der Waals surface area (Å²) in [6, 6.07) is 7.76. The van der Waals surface area contributed by atoms with E-state index in [1.807, 2.05) is 24.3 Å². The number of para-hydroxylation sites is 1. The van der Waals surface area contributed by atoms with E-state index in [1.165, 1.54) is 23.1 Å². The van der Waals surface area contributed by atoms with Gasteiger partial charge in [0, 0.05) is 17.0 Å². The molecular weight excluding hydrogens is 294 g/mol. The van der Waals surface area contributed by atoms with E-state index < -0.39 is 5.97 Å². The van der Waals surface area contributed by atoms with Crippen LogP contribution in [-0.4, -0.2) is 26.0 Å². The highest BCUT2D eigenvalue weighted by atomic mass is 32.2. The quantitative estimate of drug-likeness (QED) is 0.747. The number of fused-ring (bicyclic) bond motifs is 1. The zero-order valence-corrected chi connectivity index (χ0v) is 11.8. The summed E-state index contributed by atoms with van der Waals surface area (Å²) in [4.78, 5) is 23.6. The number of rotatable bonds is 4. The third-order valence-electron chi connectivity index (χ3n) is 2.51. The monoisotopic (exact) mass is 303 g/mol. The van der Waals surface area contributed by atoms with E-state index in [-0.39, 0.29) is 6.42 Å². The molecule has 2 heterocycles. The van der Waals surface area contributed by atoms with Crippen molar-refractivity contribution in [2.75, 3.05) is 0 Å². The summed E-state index contributed by atoms with van der Waals surface area (Å²) < 4.78 is 0.747. The molecule has 0 aliphatic heterocycles. The van der Waals surface area contributed by atoms with Crippen molar-refractivity contribution >= 4 is 40.0 Å². The Morgan fingerprint density at radius 2 is 2.15 bits per heavy atom. The van der Waals surface area contributed by atoms with Crippen LogP contribution in [0.3, 0.4) is 0 Å². The first-order valence-electron chi connectivity index (χ1n) is 5.76. The molecule has 0 aliphatic rings. The van der Waals surface area contributed by atoms with E-state index in [9.17, 15) is 4.79 Å². The van der Waals surface area contributed by atoms with Gasteiger partial charge >= 0.3 is 5.97 Å². The molecule has 7 heteroatoms. The molecule has 0 radical (unpaired) electrons. The summed E-state index contributed by atoms with van der Waals surface area (Å²) in [5, 5.41) is 12.1. The minimum Gasteiger partial charge on any atom is -0.481 e. The van der Waals surface area contributed by atoms with Crippen molar-refractivity contribution in [2.45, 2.75) is 15.9 Å². The van der Waals surface area contributed by atoms with E-state index in [0.717, 1.165) is 15.2 Å². The average molecular weight is 303 g/mol. The summed E-state index contributed by atoms with van der Waals surface area (Å²) in [5.74, 6) is -0.881. The molecule has 1 aromatic carbocycles. The SMILES string of the molecule is O=C(O)Cc1csc(Sc2ncc3ccccc3n2)n1. The first-order valence-corrected chi connectivity index (χ1v) is 7.46. The fourth-order valence-corrected chi connectivity index (χ4v) is 3.33. The second-order valence-electron chi connectivity index (χ2n) is 3.99. The molecule has 0 bridgehead atoms. The number of nitrogens with zero attached hydrogens (tertiary/aromatic N) is 3. The van der Waals surface area contributed by atoms with Gasteiger partial charge in [-0.15, -0.1) is 11.3 Å². The molecule has 0 unspecified atom stereocenters. The van der Waals surface area contributed by atoms with Crippen molar-refractivity contribution in [3.8, 4) is 0 Å². The number of carbonyl (C=O) groups is 1. The van der Waals surface area contributed by atoms with E-state index >= 15 is 0 Å². The van der Waals surface area contributed by atoms with Crippen molar-refractivity contribution in [1.82, 2.24) is 15.0 Å². The van der Waals surface area contributed by atoms with Crippen molar-refractivity contribution in [3.63, 3.8) is 0 Å². The molecule has 3 rings (SSSR count). The number of hydrogen-bond acceptors (Lipinski definition) is 6. The van der Waals surface area contributed by atoms with Gasteiger partial charge in [0.15, 0.2) is 9.50 Å². The Hall–Kier alpha value is -1.99. The Kier molecular flexibility index (Phi) is 3.62. The number of aliphatic carboxylic acids is 1. The lowest BCUT2D eigenvalue weighted by Gasteiger charge is -1.99. The van der Waals surface area contributed by atoms with Gasteiger partial charge in [-0.25, -0.2) is 15.0 Å². The highest BCUT2D eigenvalue weighted by Crippen LogP contribution is 2.28. The van der Waals surface area contributed by atoms with Gasteiger partial charge in [-0.05, 0) is 17.8 Å². The van der Waals surface area contributed by atoms with Crippen LogP contribution in [0.2, 0.25) is 0 Å². The van der Waals surface area contributed by atoms with Crippen LogP contribution >= 0.6 is 23.1 Å². The summed E-state index contributed by atoms with van der Waals surface area (Å²) in [5.41, 5.74) is 1.44. The Morgan fingerprint density at radius 3 is 3.00 bits per heavy atom. The Bertz CT molecular complexity index is 773. The molecule has 5 nitrogen and oxygen atoms in total. The minimum absolute atomic E-state index is 0.0599. The van der Waals surface area contributed by atoms with Crippen molar-refractivity contribution in [3.05, 3.63) is 41.5 Å². The summed E-state index contributed by atoms with van der Waals surface area (Å²) >= 11 is 2.74. The van der Waals surface area contributed by atoms with Crippen molar-refractivity contribution < 1.29 is 9.90 Å². The minimum atomic E-state index is -0.881. The van der Waals surface area contributed by atoms with Crippen LogP contribution in [0.15, 0.2) is 45.3 Å². The number of carboxylic acid groups (broad SMARTS) is 1. The first-order chi connectivity index (χ1) is 9.70. The lowest BCUT2D eigenvalue weighted by atomic mass is 10.2. The van der Waals surface area contributed by atoms with Crippen LogP contribution in [0, 0.1) is 0 Å². The van der Waals surface area contributed by atoms with Gasteiger partial charge in [0.05, 0.1) is 17.6 Å². The van der Waals surface area contributed by atoms with E-state index in [0.29, 0.717) is 10.9 Å². The lowest BCUT2D eigenvalue weighted by molar-refractivity contribution is -0.136. The van der Waals surface area contributed by atoms with Gasteiger partial charge in [-0.1, -0.05) is 18.2 Å². The molecule has 0 atom stereocenters. The number of aromatic nitrogens is 3. The topological polar surface area (TPSA) is 76.0 Å². The maximum atomic E-state index is 10.6. The van der Waals surface area contributed by atoms with Crippen LogP contribution in [0.5, 0.6) is 0 Å². The third kappa shape index (κ3) is 2.94. The van der Waals surface area contributed by atoms with Crippen LogP contribution in [0.4, 0.5) is 0 Å². The predicted octanol–water partition coefficient (Wildman–Crippen LogP) is 2.86. The summed E-state index contributed by atoms with van der Waals surface area (Å²) in [6.45, 7) is 0. The molecular formula is C13H9N3O2S2. The third-order valence-corrected chi connectivity index (χ3v) is 4.38. The average Bonchev–Trinajstić information content (AvgIpc) is 2.85. The molecule has 0 aliphatic carbocycles. The van der Waals surface area contributed by atoms with Gasteiger partial charge in [0.2, 0.25) is 0 Å². The number of hydrogen-bond donors (Lipinski definition) is 1. The Balaban J connectivity index is 1.81. The fourth-order valence-electron chi connectivity index (χ4n) is 1.65. The van der Waals surface area contributed by atoms with E-state index in [2.05, 4.69) is 15.0 Å². The normalized spacial score (nSPS) is 10.8. The fraction of sp³-hybridized carbons (Fsp3) is 0.0769. The smallest absolute Gasteiger partial charge is 0.309 e. The largest absolute Gasteiger partial charge is 0.481 e. The standard InChI is InChI=1S/C13H9N3O2S2/c17-11(18)5-9-7-19-13(15-9)20-12-14-6-8-3-1-2-4-10(8)16-12/h1-4,6-7H,5H2,(H,17,18). The first kappa shape index (κ1) is 13.0. The number of carboxylic acids is 1. The molecule has 0 saturated heterocycles. The van der Waals surface area contributed by atoms with Gasteiger partial charge < -0.3 is 5.11 Å². The second-order valence-corrected chi connectivity index (χ2v) is 6.06. The van der Waals surface area contributed by atoms with Crippen molar-refractivity contribution in [2.24, 2.45) is 0 Å². The molecule has 100 valence electrons. The van der Waals surface area contributed by atoms with E-state index in [1.54, 1.807) is 11.6 Å². The van der Waals surface area contributed by atoms with Gasteiger partial charge in [-0.3, -0.25) is 4.79 Å². The van der Waals surface area contributed by atoms with Crippen LogP contribution in [0.1, 0.15) is 5.69 Å². The number of benzene rings is 1. The molecule has 2 aromatic heterocycles. The molecule has 20 heavy (non-hydrogen) atoms. The van der Waals surface area contributed by atoms with Crippen LogP contribution in [0.25, 0.3) is 10.9 Å². The van der Waals surface area contributed by atoms with Crippen LogP contribution < -0.4 is 0 Å². The molecule has 0 saturated carbocycles. The van der Waals surface area contributed by atoms with E-state index in [4.69, 9.17) is 5.11 Å². The zero-order valence-electron chi connectivity index (χ0n) is 10.2. The molecule has 0 fully saturated rings.